The molecule has 0 fully saturated rings. The minimum Gasteiger partial charge on any atom is -0.481 e. The van der Waals surface area contributed by atoms with Gasteiger partial charge in [-0.15, -0.1) is 11.3 Å². The topological polar surface area (TPSA) is 88.4 Å². The number of thiophene rings is 1. The molecular weight excluding hydrogens is 352 g/mol. The Bertz CT molecular complexity index is 850. The number of anilines is 1. The molecule has 1 aromatic heterocycles. The lowest BCUT2D eigenvalue weighted by molar-refractivity contribution is -0.122. The average molecular weight is 372 g/mol. The third-order valence-corrected chi connectivity index (χ3v) is 4.89. The molecule has 0 aliphatic heterocycles. The van der Waals surface area contributed by atoms with Crippen molar-refractivity contribution in [1.29, 1.82) is 5.26 Å². The van der Waals surface area contributed by atoms with E-state index in [2.05, 4.69) is 5.32 Å². The maximum Gasteiger partial charge on any atom is 0.341 e. The van der Waals surface area contributed by atoms with Crippen molar-refractivity contribution in [3.63, 3.8) is 0 Å². The van der Waals surface area contributed by atoms with Crippen molar-refractivity contribution in [2.75, 3.05) is 11.9 Å². The van der Waals surface area contributed by atoms with Crippen molar-refractivity contribution in [1.82, 2.24) is 0 Å². The molecule has 2 rings (SSSR count). The summed E-state index contributed by atoms with van der Waals surface area (Å²) in [6, 6.07) is 8.51. The first-order chi connectivity index (χ1) is 12.4. The predicted octanol–water partition coefficient (Wildman–Crippen LogP) is 3.82. The number of nitrogens with one attached hydrogen (secondary N) is 1. The van der Waals surface area contributed by atoms with E-state index in [1.807, 2.05) is 19.9 Å². The van der Waals surface area contributed by atoms with Gasteiger partial charge in [-0.1, -0.05) is 0 Å². The number of hydrogen-bond donors (Lipinski definition) is 1. The van der Waals surface area contributed by atoms with Crippen LogP contribution in [0.4, 0.5) is 5.00 Å². The Morgan fingerprint density at radius 3 is 2.50 bits per heavy atom. The van der Waals surface area contributed by atoms with Crippen molar-refractivity contribution < 1.29 is 19.1 Å². The summed E-state index contributed by atoms with van der Waals surface area (Å²) in [5, 5.41) is 12.0. The molecule has 0 spiro atoms. The van der Waals surface area contributed by atoms with Crippen LogP contribution in [0.1, 0.15) is 40.2 Å². The quantitative estimate of drug-likeness (QED) is 0.779. The molecule has 1 aromatic carbocycles. The molecule has 6 nitrogen and oxygen atoms in total. The van der Waals surface area contributed by atoms with Crippen molar-refractivity contribution in [3.8, 4) is 11.8 Å². The summed E-state index contributed by atoms with van der Waals surface area (Å²) in [4.78, 5) is 25.6. The number of ether oxygens (including phenoxy) is 2. The van der Waals surface area contributed by atoms with E-state index in [9.17, 15) is 9.59 Å². The number of benzene rings is 1. The second-order valence-electron chi connectivity index (χ2n) is 5.59. The largest absolute Gasteiger partial charge is 0.481 e. The van der Waals surface area contributed by atoms with Gasteiger partial charge in [-0.25, -0.2) is 4.79 Å². The van der Waals surface area contributed by atoms with Gasteiger partial charge >= 0.3 is 5.97 Å². The standard InChI is InChI=1S/C19H20N2O4S/c1-5-24-19(23)16-11(2)13(4)26-18(16)21-17(22)12(3)25-15-8-6-14(10-20)7-9-15/h6-9,12H,5H2,1-4H3,(H,21,22). The molecule has 2 aromatic rings. The van der Waals surface area contributed by atoms with Gasteiger partial charge in [0.1, 0.15) is 10.8 Å². The first-order valence-corrected chi connectivity index (χ1v) is 8.93. The van der Waals surface area contributed by atoms with E-state index in [1.165, 1.54) is 11.3 Å². The van der Waals surface area contributed by atoms with Gasteiger partial charge in [-0.05, 0) is 57.5 Å². The van der Waals surface area contributed by atoms with Crippen molar-refractivity contribution in [2.24, 2.45) is 0 Å². The summed E-state index contributed by atoms with van der Waals surface area (Å²) in [7, 11) is 0. The van der Waals surface area contributed by atoms with E-state index < -0.39 is 12.1 Å². The van der Waals surface area contributed by atoms with Gasteiger partial charge in [0.05, 0.1) is 23.8 Å². The fourth-order valence-corrected chi connectivity index (χ4v) is 3.29. The lowest BCUT2D eigenvalue weighted by Crippen LogP contribution is -2.30. The van der Waals surface area contributed by atoms with Gasteiger partial charge in [0.2, 0.25) is 0 Å². The maximum absolute atomic E-state index is 12.5. The van der Waals surface area contributed by atoms with Crippen LogP contribution in [-0.2, 0) is 9.53 Å². The van der Waals surface area contributed by atoms with E-state index in [-0.39, 0.29) is 12.5 Å². The molecule has 7 heteroatoms. The highest BCUT2D eigenvalue weighted by Gasteiger charge is 2.24. The highest BCUT2D eigenvalue weighted by molar-refractivity contribution is 7.16. The van der Waals surface area contributed by atoms with E-state index in [1.54, 1.807) is 38.1 Å². The van der Waals surface area contributed by atoms with E-state index >= 15 is 0 Å². The number of esters is 1. The Balaban J connectivity index is 2.12. The van der Waals surface area contributed by atoms with Crippen LogP contribution in [0.25, 0.3) is 0 Å². The van der Waals surface area contributed by atoms with Crippen LogP contribution < -0.4 is 10.1 Å². The van der Waals surface area contributed by atoms with E-state index in [0.717, 1.165) is 10.4 Å². The smallest absolute Gasteiger partial charge is 0.341 e. The van der Waals surface area contributed by atoms with Gasteiger partial charge in [0.25, 0.3) is 5.91 Å². The summed E-state index contributed by atoms with van der Waals surface area (Å²) in [6.45, 7) is 7.32. The number of aryl methyl sites for hydroxylation is 1. The number of nitriles is 1. The molecule has 0 bridgehead atoms. The zero-order valence-corrected chi connectivity index (χ0v) is 15.9. The van der Waals surface area contributed by atoms with Crippen LogP contribution >= 0.6 is 11.3 Å². The molecule has 1 amide bonds. The Morgan fingerprint density at radius 1 is 1.27 bits per heavy atom. The molecule has 1 heterocycles. The molecule has 1 unspecified atom stereocenters. The summed E-state index contributed by atoms with van der Waals surface area (Å²) in [5.74, 6) is -0.345. The summed E-state index contributed by atoms with van der Waals surface area (Å²) in [5.41, 5.74) is 1.69. The number of nitrogens with zero attached hydrogens (tertiary/aromatic N) is 1. The fourth-order valence-electron chi connectivity index (χ4n) is 2.24. The number of carbonyl (C=O) groups is 2. The molecule has 26 heavy (non-hydrogen) atoms. The molecule has 0 radical (unpaired) electrons. The number of carbonyl (C=O) groups excluding carboxylic acids is 2. The lowest BCUT2D eigenvalue weighted by atomic mass is 10.1. The number of amides is 1. The summed E-state index contributed by atoms with van der Waals surface area (Å²) in [6.07, 6.45) is -0.777. The predicted molar refractivity (Wildman–Crippen MR) is 99.6 cm³/mol. The van der Waals surface area contributed by atoms with Gasteiger partial charge < -0.3 is 14.8 Å². The Morgan fingerprint density at radius 2 is 1.92 bits per heavy atom. The van der Waals surface area contributed by atoms with Crippen LogP contribution in [-0.4, -0.2) is 24.6 Å². The Hall–Kier alpha value is -2.85. The summed E-state index contributed by atoms with van der Waals surface area (Å²) < 4.78 is 10.7. The van der Waals surface area contributed by atoms with Crippen molar-refractivity contribution >= 4 is 28.2 Å². The normalized spacial score (nSPS) is 11.3. The molecule has 1 atom stereocenters. The summed E-state index contributed by atoms with van der Waals surface area (Å²) >= 11 is 1.33. The van der Waals surface area contributed by atoms with Crippen molar-refractivity contribution in [2.45, 2.75) is 33.8 Å². The van der Waals surface area contributed by atoms with Crippen molar-refractivity contribution in [3.05, 3.63) is 45.8 Å². The van der Waals surface area contributed by atoms with Crippen LogP contribution in [0.15, 0.2) is 24.3 Å². The molecule has 0 saturated heterocycles. The Kier molecular flexibility index (Phi) is 6.36. The molecule has 0 aliphatic rings. The number of hydrogen-bond acceptors (Lipinski definition) is 6. The molecule has 0 saturated carbocycles. The van der Waals surface area contributed by atoms with Crippen LogP contribution in [0.5, 0.6) is 5.75 Å². The minimum absolute atomic E-state index is 0.263. The maximum atomic E-state index is 12.5. The van der Waals surface area contributed by atoms with Crippen LogP contribution in [0.2, 0.25) is 0 Å². The third kappa shape index (κ3) is 4.41. The fraction of sp³-hybridized carbons (Fsp3) is 0.316. The molecular formula is C19H20N2O4S. The average Bonchev–Trinajstić information content (AvgIpc) is 2.89. The lowest BCUT2D eigenvalue weighted by Gasteiger charge is -2.15. The van der Waals surface area contributed by atoms with E-state index in [4.69, 9.17) is 14.7 Å². The first-order valence-electron chi connectivity index (χ1n) is 8.12. The van der Waals surface area contributed by atoms with Crippen LogP contribution in [0.3, 0.4) is 0 Å². The molecule has 1 N–H and O–H groups in total. The SMILES string of the molecule is CCOC(=O)c1c(NC(=O)C(C)Oc2ccc(C#N)cc2)sc(C)c1C. The van der Waals surface area contributed by atoms with E-state index in [0.29, 0.717) is 21.9 Å². The minimum atomic E-state index is -0.777. The number of rotatable bonds is 6. The van der Waals surface area contributed by atoms with Crippen LogP contribution in [0, 0.1) is 25.2 Å². The highest BCUT2D eigenvalue weighted by atomic mass is 32.1. The second kappa shape index (κ2) is 8.50. The molecule has 0 aliphatic carbocycles. The van der Waals surface area contributed by atoms with Gasteiger partial charge in [-0.3, -0.25) is 4.79 Å². The monoisotopic (exact) mass is 372 g/mol. The van der Waals surface area contributed by atoms with Gasteiger partial charge in [0, 0.05) is 4.88 Å². The van der Waals surface area contributed by atoms with Gasteiger partial charge in [0.15, 0.2) is 6.10 Å². The second-order valence-corrected chi connectivity index (χ2v) is 6.82. The zero-order chi connectivity index (χ0) is 19.3. The highest BCUT2D eigenvalue weighted by Crippen LogP contribution is 2.33. The Labute approximate surface area is 156 Å². The molecule has 136 valence electrons. The first kappa shape index (κ1) is 19.5. The zero-order valence-electron chi connectivity index (χ0n) is 15.1. The van der Waals surface area contributed by atoms with Gasteiger partial charge in [-0.2, -0.15) is 5.26 Å². The third-order valence-electron chi connectivity index (χ3n) is 3.77.